The van der Waals surface area contributed by atoms with Crippen molar-refractivity contribution in [1.29, 1.82) is 0 Å². The molecule has 6 heteroatoms. The van der Waals surface area contributed by atoms with Gasteiger partial charge < -0.3 is 14.2 Å². The quantitative estimate of drug-likeness (QED) is 0.0261. The molecule has 0 fully saturated rings. The van der Waals surface area contributed by atoms with Gasteiger partial charge in [-0.2, -0.15) is 0 Å². The van der Waals surface area contributed by atoms with Gasteiger partial charge in [0, 0.05) is 19.3 Å². The summed E-state index contributed by atoms with van der Waals surface area (Å²) < 4.78 is 17.0. The van der Waals surface area contributed by atoms with E-state index in [0.717, 1.165) is 57.8 Å². The molecule has 1 unspecified atom stereocenters. The largest absolute Gasteiger partial charge is 0.462 e. The molecule has 0 aliphatic heterocycles. The van der Waals surface area contributed by atoms with Crippen molar-refractivity contribution in [2.75, 3.05) is 13.2 Å². The fourth-order valence-corrected chi connectivity index (χ4v) is 10.6. The Labute approximate surface area is 469 Å². The molecular formula is C69H132O6. The molecule has 75 heavy (non-hydrogen) atoms. The van der Waals surface area contributed by atoms with Gasteiger partial charge in [-0.3, -0.25) is 14.4 Å². The third-order valence-electron chi connectivity index (χ3n) is 15.8. The lowest BCUT2D eigenvalue weighted by atomic mass is 10.0. The lowest BCUT2D eigenvalue weighted by Crippen LogP contribution is -2.30. The number of rotatable bonds is 64. The Balaban J connectivity index is 4.20. The van der Waals surface area contributed by atoms with E-state index in [-0.39, 0.29) is 31.1 Å². The van der Waals surface area contributed by atoms with Gasteiger partial charge in [-0.1, -0.05) is 341 Å². The van der Waals surface area contributed by atoms with Crippen molar-refractivity contribution in [1.82, 2.24) is 0 Å². The Kier molecular flexibility index (Phi) is 63.1. The number of ether oxygens (including phenoxy) is 3. The summed E-state index contributed by atoms with van der Waals surface area (Å²) in [5, 5.41) is 0. The van der Waals surface area contributed by atoms with Crippen molar-refractivity contribution in [2.45, 2.75) is 399 Å². The predicted octanol–water partition coefficient (Wildman–Crippen LogP) is 23.2. The first kappa shape index (κ1) is 73.2. The molecule has 6 nitrogen and oxygen atoms in total. The zero-order chi connectivity index (χ0) is 54.3. The molecule has 0 aliphatic carbocycles. The number of carbonyl (C=O) groups is 3. The van der Waals surface area contributed by atoms with Crippen LogP contribution in [-0.2, 0) is 28.6 Å². The maximum absolute atomic E-state index is 12.9. The summed E-state index contributed by atoms with van der Waals surface area (Å²) in [6.07, 6.45) is 76.6. The average Bonchev–Trinajstić information content (AvgIpc) is 3.41. The first-order valence-corrected chi connectivity index (χ1v) is 34.2. The number of carbonyl (C=O) groups excluding carboxylic acids is 3. The second-order valence-corrected chi connectivity index (χ2v) is 23.5. The molecule has 444 valence electrons. The van der Waals surface area contributed by atoms with E-state index in [0.29, 0.717) is 19.3 Å². The van der Waals surface area contributed by atoms with Gasteiger partial charge in [0.05, 0.1) is 0 Å². The monoisotopic (exact) mass is 1060 g/mol. The Hall–Kier alpha value is -1.85. The molecule has 0 N–H and O–H groups in total. The van der Waals surface area contributed by atoms with Gasteiger partial charge in [0.2, 0.25) is 0 Å². The fourth-order valence-electron chi connectivity index (χ4n) is 10.6. The number of hydrogen-bond donors (Lipinski definition) is 0. The first-order chi connectivity index (χ1) is 37.0. The molecule has 0 heterocycles. The van der Waals surface area contributed by atoms with Crippen LogP contribution in [0.1, 0.15) is 393 Å². The molecule has 0 aromatic carbocycles. The maximum atomic E-state index is 12.9. The predicted molar refractivity (Wildman–Crippen MR) is 326 cm³/mol. The molecule has 0 bridgehead atoms. The Bertz CT molecular complexity index is 1170. The maximum Gasteiger partial charge on any atom is 0.306 e. The van der Waals surface area contributed by atoms with Gasteiger partial charge in [0.1, 0.15) is 13.2 Å². The highest BCUT2D eigenvalue weighted by molar-refractivity contribution is 5.71. The van der Waals surface area contributed by atoms with Crippen molar-refractivity contribution in [3.63, 3.8) is 0 Å². The highest BCUT2D eigenvalue weighted by Crippen LogP contribution is 2.19. The minimum atomic E-state index is -0.768. The smallest absolute Gasteiger partial charge is 0.306 e. The molecule has 0 radical (unpaired) electrons. The van der Waals surface area contributed by atoms with Crippen LogP contribution in [0, 0.1) is 0 Å². The van der Waals surface area contributed by atoms with E-state index in [1.54, 1.807) is 0 Å². The van der Waals surface area contributed by atoms with Gasteiger partial charge in [0.15, 0.2) is 6.10 Å². The SMILES string of the molecule is CCCCCCCC/C=C\CCCCCCCCCC(=O)OC(COC(=O)CCCCCCCCCCCCCCCC)COC(=O)CCCCCCCCCCCCCCCCCCCCCCCCCCCC. The van der Waals surface area contributed by atoms with Gasteiger partial charge in [-0.15, -0.1) is 0 Å². The third kappa shape index (κ3) is 62.9. The topological polar surface area (TPSA) is 78.9 Å². The van der Waals surface area contributed by atoms with Crippen LogP contribution >= 0.6 is 0 Å². The van der Waals surface area contributed by atoms with Crippen LogP contribution in [-0.4, -0.2) is 37.2 Å². The van der Waals surface area contributed by atoms with Crippen LogP contribution < -0.4 is 0 Å². The Morgan fingerprint density at radius 2 is 0.440 bits per heavy atom. The fraction of sp³-hybridized carbons (Fsp3) is 0.928. The molecule has 0 spiro atoms. The Morgan fingerprint density at radius 1 is 0.253 bits per heavy atom. The van der Waals surface area contributed by atoms with Gasteiger partial charge >= 0.3 is 17.9 Å². The average molecular weight is 1060 g/mol. The standard InChI is InChI=1S/C69H132O6/c1-4-7-10-13-16-19-22-25-28-30-31-32-33-34-35-36-37-38-40-41-44-47-50-53-56-59-62-68(71)74-65-66(64-73-67(70)61-58-55-52-49-46-43-27-24-21-18-15-12-9-6-3)75-69(72)63-60-57-54-51-48-45-42-39-29-26-23-20-17-14-11-8-5-2/h26,29,66H,4-25,27-28,30-65H2,1-3H3/b29-26-. The van der Waals surface area contributed by atoms with Crippen molar-refractivity contribution in [2.24, 2.45) is 0 Å². The summed E-state index contributed by atoms with van der Waals surface area (Å²) in [5.74, 6) is -0.836. The van der Waals surface area contributed by atoms with E-state index in [9.17, 15) is 14.4 Å². The van der Waals surface area contributed by atoms with E-state index in [4.69, 9.17) is 14.2 Å². The number of esters is 3. The summed E-state index contributed by atoms with van der Waals surface area (Å²) in [7, 11) is 0. The van der Waals surface area contributed by atoms with Gasteiger partial charge in [-0.05, 0) is 44.9 Å². The van der Waals surface area contributed by atoms with Crippen LogP contribution in [0.5, 0.6) is 0 Å². The molecule has 0 saturated carbocycles. The second-order valence-electron chi connectivity index (χ2n) is 23.5. The molecule has 0 amide bonds. The van der Waals surface area contributed by atoms with Crippen LogP contribution in [0.25, 0.3) is 0 Å². The van der Waals surface area contributed by atoms with Crippen LogP contribution in [0.15, 0.2) is 12.2 Å². The van der Waals surface area contributed by atoms with Crippen molar-refractivity contribution < 1.29 is 28.6 Å². The van der Waals surface area contributed by atoms with Gasteiger partial charge in [-0.25, -0.2) is 0 Å². The van der Waals surface area contributed by atoms with E-state index < -0.39 is 6.10 Å². The summed E-state index contributed by atoms with van der Waals surface area (Å²) >= 11 is 0. The van der Waals surface area contributed by atoms with E-state index in [1.165, 1.54) is 295 Å². The second kappa shape index (κ2) is 64.7. The van der Waals surface area contributed by atoms with Crippen LogP contribution in [0.2, 0.25) is 0 Å². The van der Waals surface area contributed by atoms with Crippen LogP contribution in [0.4, 0.5) is 0 Å². The minimum Gasteiger partial charge on any atom is -0.462 e. The zero-order valence-electron chi connectivity index (χ0n) is 51.1. The lowest BCUT2D eigenvalue weighted by molar-refractivity contribution is -0.167. The summed E-state index contributed by atoms with van der Waals surface area (Å²) in [5.41, 5.74) is 0. The highest BCUT2D eigenvalue weighted by Gasteiger charge is 2.19. The highest BCUT2D eigenvalue weighted by atomic mass is 16.6. The summed E-state index contributed by atoms with van der Waals surface area (Å²) in [6.45, 7) is 6.72. The molecule has 1 atom stereocenters. The summed E-state index contributed by atoms with van der Waals surface area (Å²) in [4.78, 5) is 38.3. The minimum absolute atomic E-state index is 0.0651. The molecule has 0 aromatic rings. The van der Waals surface area contributed by atoms with E-state index in [2.05, 4.69) is 32.9 Å². The molecular weight excluding hydrogens is 925 g/mol. The van der Waals surface area contributed by atoms with E-state index in [1.807, 2.05) is 0 Å². The van der Waals surface area contributed by atoms with Crippen molar-refractivity contribution >= 4 is 17.9 Å². The number of unbranched alkanes of at least 4 members (excludes halogenated alkanes) is 51. The number of allylic oxidation sites excluding steroid dienone is 2. The molecule has 0 rings (SSSR count). The lowest BCUT2D eigenvalue weighted by Gasteiger charge is -2.18. The summed E-state index contributed by atoms with van der Waals surface area (Å²) in [6, 6.07) is 0. The Morgan fingerprint density at radius 3 is 0.667 bits per heavy atom. The third-order valence-corrected chi connectivity index (χ3v) is 15.8. The molecule has 0 saturated heterocycles. The molecule has 0 aliphatic rings. The molecule has 0 aromatic heterocycles. The first-order valence-electron chi connectivity index (χ1n) is 34.2. The van der Waals surface area contributed by atoms with E-state index >= 15 is 0 Å². The normalized spacial score (nSPS) is 12.0. The van der Waals surface area contributed by atoms with Crippen molar-refractivity contribution in [3.8, 4) is 0 Å². The number of hydrogen-bond acceptors (Lipinski definition) is 6. The van der Waals surface area contributed by atoms with Crippen molar-refractivity contribution in [3.05, 3.63) is 12.2 Å². The zero-order valence-corrected chi connectivity index (χ0v) is 51.1. The van der Waals surface area contributed by atoms with Crippen LogP contribution in [0.3, 0.4) is 0 Å². The van der Waals surface area contributed by atoms with Gasteiger partial charge in [0.25, 0.3) is 0 Å².